The van der Waals surface area contributed by atoms with Gasteiger partial charge in [-0.1, -0.05) is 52.7 Å². The second-order valence-corrected chi connectivity index (χ2v) is 8.22. The fourth-order valence-electron chi connectivity index (χ4n) is 4.78. The van der Waals surface area contributed by atoms with Gasteiger partial charge in [-0.05, 0) is 55.8 Å². The van der Waals surface area contributed by atoms with Crippen LogP contribution in [0, 0.1) is 22.7 Å². The van der Waals surface area contributed by atoms with Crippen molar-refractivity contribution in [1.29, 1.82) is 0 Å². The van der Waals surface area contributed by atoms with Gasteiger partial charge in [0.1, 0.15) is 0 Å². The summed E-state index contributed by atoms with van der Waals surface area (Å²) in [6, 6.07) is 0. The van der Waals surface area contributed by atoms with Crippen LogP contribution in [0.5, 0.6) is 0 Å². The number of rotatable bonds is 0. The van der Waals surface area contributed by atoms with E-state index in [0.29, 0.717) is 0 Å². The van der Waals surface area contributed by atoms with Gasteiger partial charge in [-0.25, -0.2) is 0 Å². The van der Waals surface area contributed by atoms with Crippen LogP contribution in [0.3, 0.4) is 0 Å². The zero-order valence-corrected chi connectivity index (χ0v) is 13.2. The summed E-state index contributed by atoms with van der Waals surface area (Å²) >= 11 is 0. The largest absolute Gasteiger partial charge is 0.0704 e. The molecule has 0 bridgehead atoms. The van der Waals surface area contributed by atoms with E-state index in [1.807, 2.05) is 0 Å². The molecule has 102 valence electrons. The maximum Gasteiger partial charge on any atom is 0.00796 e. The van der Waals surface area contributed by atoms with E-state index >= 15 is 0 Å². The maximum atomic E-state index is 3.92. The monoisotopic (exact) mass is 246 g/mol. The summed E-state index contributed by atoms with van der Waals surface area (Å²) in [4.78, 5) is 0. The summed E-state index contributed by atoms with van der Waals surface area (Å²) < 4.78 is 0. The Hall–Kier alpha value is -0.260. The first-order valence-corrected chi connectivity index (χ1v) is 7.66. The first-order chi connectivity index (χ1) is 8.20. The minimum atomic E-state index is 0.180. The van der Waals surface area contributed by atoms with Gasteiger partial charge >= 0.3 is 0 Å². The van der Waals surface area contributed by atoms with Crippen LogP contribution < -0.4 is 0 Å². The summed E-state index contributed by atoms with van der Waals surface area (Å²) in [7, 11) is 0. The van der Waals surface area contributed by atoms with E-state index in [1.54, 1.807) is 11.1 Å². The maximum absolute atomic E-state index is 3.92. The normalized spacial score (nSPS) is 25.0. The Kier molecular flexibility index (Phi) is 3.45. The van der Waals surface area contributed by atoms with Crippen molar-refractivity contribution in [3.8, 4) is 0 Å². The van der Waals surface area contributed by atoms with E-state index in [0.717, 1.165) is 6.42 Å². The standard InChI is InChI=1S/C18H30/c1-16(2,3)18(17(4,5)6)13-9-12-15(18)14-10-7-8-11-14/h7-12H2,1-6H3. The molecule has 0 heterocycles. The van der Waals surface area contributed by atoms with Crippen LogP contribution in [0.1, 0.15) is 80.1 Å². The number of hydrogen-bond donors (Lipinski definition) is 0. The van der Waals surface area contributed by atoms with Crippen LogP contribution in [0.4, 0.5) is 0 Å². The Morgan fingerprint density at radius 1 is 0.833 bits per heavy atom. The van der Waals surface area contributed by atoms with Crippen LogP contribution in [0.2, 0.25) is 0 Å². The summed E-state index contributed by atoms with van der Waals surface area (Å²) in [5.74, 6) is 0. The van der Waals surface area contributed by atoms with Crippen LogP contribution in [0.15, 0.2) is 11.1 Å². The lowest BCUT2D eigenvalue weighted by molar-refractivity contribution is 0.0455. The van der Waals surface area contributed by atoms with E-state index in [4.69, 9.17) is 0 Å². The molecule has 2 rings (SSSR count). The summed E-state index contributed by atoms with van der Waals surface area (Å²) in [6.07, 6.45) is 11.9. The average Bonchev–Trinajstić information content (AvgIpc) is 2.84. The molecule has 0 aromatic carbocycles. The molecule has 2 radical (unpaired) electrons. The number of hydrogen-bond acceptors (Lipinski definition) is 0. The van der Waals surface area contributed by atoms with Gasteiger partial charge < -0.3 is 0 Å². The van der Waals surface area contributed by atoms with Crippen molar-refractivity contribution in [2.75, 3.05) is 0 Å². The van der Waals surface area contributed by atoms with Crippen LogP contribution in [-0.4, -0.2) is 0 Å². The molecule has 2 fully saturated rings. The Morgan fingerprint density at radius 2 is 1.33 bits per heavy atom. The molecular weight excluding hydrogens is 216 g/mol. The van der Waals surface area contributed by atoms with Crippen LogP contribution in [-0.2, 0) is 0 Å². The van der Waals surface area contributed by atoms with E-state index in [1.165, 1.54) is 32.1 Å². The fourth-order valence-corrected chi connectivity index (χ4v) is 4.78. The molecular formula is C18H30. The van der Waals surface area contributed by atoms with Crippen molar-refractivity contribution in [2.45, 2.75) is 80.1 Å². The Bertz CT molecular complexity index is 321. The van der Waals surface area contributed by atoms with Crippen molar-refractivity contribution >= 4 is 0 Å². The molecule has 18 heavy (non-hydrogen) atoms. The zero-order valence-electron chi connectivity index (χ0n) is 13.2. The lowest BCUT2D eigenvalue weighted by Gasteiger charge is -2.53. The predicted molar refractivity (Wildman–Crippen MR) is 79.3 cm³/mol. The molecule has 0 aliphatic heterocycles. The average molecular weight is 246 g/mol. The van der Waals surface area contributed by atoms with Crippen molar-refractivity contribution in [3.63, 3.8) is 0 Å². The predicted octanol–water partition coefficient (Wildman–Crippen LogP) is 5.81. The summed E-state index contributed by atoms with van der Waals surface area (Å²) in [6.45, 7) is 14.5. The van der Waals surface area contributed by atoms with Gasteiger partial charge in [0.05, 0.1) is 0 Å². The molecule has 0 saturated heterocycles. The third-order valence-corrected chi connectivity index (χ3v) is 5.10. The molecule has 0 amide bonds. The quantitative estimate of drug-likeness (QED) is 0.473. The highest BCUT2D eigenvalue weighted by atomic mass is 14.6. The van der Waals surface area contributed by atoms with Crippen LogP contribution in [0.25, 0.3) is 0 Å². The van der Waals surface area contributed by atoms with Gasteiger partial charge in [-0.2, -0.15) is 0 Å². The first-order valence-electron chi connectivity index (χ1n) is 7.66. The third-order valence-electron chi connectivity index (χ3n) is 5.10. The van der Waals surface area contributed by atoms with E-state index in [2.05, 4.69) is 48.0 Å². The highest BCUT2D eigenvalue weighted by molar-refractivity contribution is 5.36. The van der Waals surface area contributed by atoms with E-state index in [-0.39, 0.29) is 16.2 Å². The van der Waals surface area contributed by atoms with Gasteiger partial charge in [-0.3, -0.25) is 0 Å². The molecule has 2 saturated carbocycles. The zero-order chi connectivity index (χ0) is 13.6. The fraction of sp³-hybridized carbons (Fsp3) is 0.833. The van der Waals surface area contributed by atoms with Crippen molar-refractivity contribution in [3.05, 3.63) is 17.6 Å². The third kappa shape index (κ3) is 1.96. The van der Waals surface area contributed by atoms with E-state index < -0.39 is 0 Å². The lowest BCUT2D eigenvalue weighted by atomic mass is 9.51. The van der Waals surface area contributed by atoms with Gasteiger partial charge in [0.2, 0.25) is 0 Å². The molecule has 0 spiro atoms. The molecule has 0 aromatic rings. The molecule has 2 aliphatic rings. The molecule has 2 aliphatic carbocycles. The minimum Gasteiger partial charge on any atom is -0.0704 e. The van der Waals surface area contributed by atoms with Crippen LogP contribution >= 0.6 is 0 Å². The van der Waals surface area contributed by atoms with Gasteiger partial charge in [-0.15, -0.1) is 0 Å². The van der Waals surface area contributed by atoms with Gasteiger partial charge in [0.15, 0.2) is 0 Å². The van der Waals surface area contributed by atoms with Crippen molar-refractivity contribution < 1.29 is 0 Å². The van der Waals surface area contributed by atoms with Gasteiger partial charge in [0.25, 0.3) is 0 Å². The molecule has 0 heteroatoms. The minimum absolute atomic E-state index is 0.180. The van der Waals surface area contributed by atoms with E-state index in [9.17, 15) is 0 Å². The molecule has 0 atom stereocenters. The van der Waals surface area contributed by atoms with Crippen molar-refractivity contribution in [1.82, 2.24) is 0 Å². The number of allylic oxidation sites excluding steroid dienone is 2. The SMILES string of the molecule is CC(C)(C)C1(C(C)(C)C)[C]CCC1=C1CCCC1. The topological polar surface area (TPSA) is 0 Å². The summed E-state index contributed by atoms with van der Waals surface area (Å²) in [5, 5.41) is 0. The highest BCUT2D eigenvalue weighted by Gasteiger charge is 2.55. The molecule has 0 aromatic heterocycles. The van der Waals surface area contributed by atoms with Gasteiger partial charge in [0, 0.05) is 5.41 Å². The Morgan fingerprint density at radius 3 is 1.78 bits per heavy atom. The second-order valence-electron chi connectivity index (χ2n) is 8.22. The smallest absolute Gasteiger partial charge is 0.00796 e. The van der Waals surface area contributed by atoms with Crippen molar-refractivity contribution in [2.24, 2.45) is 16.2 Å². The lowest BCUT2D eigenvalue weighted by Crippen LogP contribution is -2.46. The Balaban J connectivity index is 2.56. The highest BCUT2D eigenvalue weighted by Crippen LogP contribution is 2.64. The summed E-state index contributed by atoms with van der Waals surface area (Å²) in [5.41, 5.74) is 4.27. The molecule has 0 N–H and O–H groups in total. The molecule has 0 nitrogen and oxygen atoms in total. The Labute approximate surface area is 114 Å². The first kappa shape index (κ1) is 14.2. The second kappa shape index (κ2) is 4.39. The molecule has 0 unspecified atom stereocenters.